The Morgan fingerprint density at radius 2 is 1.68 bits per heavy atom. The van der Waals surface area contributed by atoms with E-state index in [4.69, 9.17) is 0 Å². The molecule has 0 aliphatic rings. The fourth-order valence-electron chi connectivity index (χ4n) is 1.06. The highest BCUT2D eigenvalue weighted by molar-refractivity contribution is 5.83. The van der Waals surface area contributed by atoms with Crippen molar-refractivity contribution in [2.24, 2.45) is 5.92 Å². The standard InChI is InChI=1S/C11H20F3N3O2/c1-7(2)4-16-9(18)5-15-8(3)10(19)17-6-11(12,13)14/h7-8,15H,4-6H2,1-3H3,(H,16,18)(H,17,19). The number of amides is 2. The Labute approximate surface area is 110 Å². The lowest BCUT2D eigenvalue weighted by Crippen LogP contribution is -2.48. The Kier molecular flexibility index (Phi) is 7.43. The first-order valence-corrected chi connectivity index (χ1v) is 5.96. The molecule has 0 aromatic rings. The van der Waals surface area contributed by atoms with Crippen LogP contribution in [0.2, 0.25) is 0 Å². The lowest BCUT2D eigenvalue weighted by Gasteiger charge is -2.15. The van der Waals surface area contributed by atoms with Crippen molar-refractivity contribution in [3.63, 3.8) is 0 Å². The third kappa shape index (κ3) is 10.3. The molecule has 19 heavy (non-hydrogen) atoms. The molecule has 5 nitrogen and oxygen atoms in total. The van der Waals surface area contributed by atoms with Gasteiger partial charge < -0.3 is 10.6 Å². The zero-order chi connectivity index (χ0) is 15.1. The molecule has 0 fully saturated rings. The molecule has 0 heterocycles. The highest BCUT2D eigenvalue weighted by Gasteiger charge is 2.28. The average Bonchev–Trinajstić information content (AvgIpc) is 2.29. The summed E-state index contributed by atoms with van der Waals surface area (Å²) in [7, 11) is 0. The van der Waals surface area contributed by atoms with Crippen molar-refractivity contribution < 1.29 is 22.8 Å². The Morgan fingerprint density at radius 3 is 2.16 bits per heavy atom. The Morgan fingerprint density at radius 1 is 1.11 bits per heavy atom. The van der Waals surface area contributed by atoms with Gasteiger partial charge in [-0.15, -0.1) is 0 Å². The fourth-order valence-corrected chi connectivity index (χ4v) is 1.06. The molecule has 1 unspecified atom stereocenters. The summed E-state index contributed by atoms with van der Waals surface area (Å²) in [5.41, 5.74) is 0. The molecule has 0 aliphatic carbocycles. The molecule has 8 heteroatoms. The molecule has 0 aliphatic heterocycles. The number of hydrogen-bond donors (Lipinski definition) is 3. The van der Waals surface area contributed by atoms with E-state index in [1.54, 1.807) is 5.32 Å². The van der Waals surface area contributed by atoms with Gasteiger partial charge in [0.25, 0.3) is 0 Å². The first-order chi connectivity index (χ1) is 8.61. The van der Waals surface area contributed by atoms with Gasteiger partial charge in [0.1, 0.15) is 6.54 Å². The summed E-state index contributed by atoms with van der Waals surface area (Å²) in [5, 5.41) is 6.91. The van der Waals surface area contributed by atoms with Crippen LogP contribution in [-0.2, 0) is 9.59 Å². The van der Waals surface area contributed by atoms with Crippen LogP contribution in [0.5, 0.6) is 0 Å². The number of halogens is 3. The van der Waals surface area contributed by atoms with Gasteiger partial charge >= 0.3 is 6.18 Å². The number of hydrogen-bond acceptors (Lipinski definition) is 3. The van der Waals surface area contributed by atoms with Gasteiger partial charge in [0.05, 0.1) is 12.6 Å². The van der Waals surface area contributed by atoms with Gasteiger partial charge in [0.2, 0.25) is 11.8 Å². The molecule has 0 spiro atoms. The molecule has 0 saturated carbocycles. The van der Waals surface area contributed by atoms with E-state index in [1.807, 2.05) is 13.8 Å². The maximum Gasteiger partial charge on any atom is 0.405 e. The monoisotopic (exact) mass is 283 g/mol. The Balaban J connectivity index is 3.87. The SMILES string of the molecule is CC(C)CNC(=O)CNC(C)C(=O)NCC(F)(F)F. The average molecular weight is 283 g/mol. The van der Waals surface area contributed by atoms with Crippen LogP contribution in [0, 0.1) is 5.92 Å². The Bertz CT molecular complexity index is 306. The molecule has 1 atom stereocenters. The van der Waals surface area contributed by atoms with E-state index in [1.165, 1.54) is 6.92 Å². The van der Waals surface area contributed by atoms with Crippen molar-refractivity contribution in [3.05, 3.63) is 0 Å². The zero-order valence-electron chi connectivity index (χ0n) is 11.2. The highest BCUT2D eigenvalue weighted by atomic mass is 19.4. The van der Waals surface area contributed by atoms with Crippen LogP contribution < -0.4 is 16.0 Å². The molecule has 0 saturated heterocycles. The number of rotatable bonds is 7. The van der Waals surface area contributed by atoms with E-state index in [2.05, 4.69) is 10.6 Å². The minimum atomic E-state index is -4.44. The van der Waals surface area contributed by atoms with Gasteiger partial charge in [-0.25, -0.2) is 0 Å². The van der Waals surface area contributed by atoms with Gasteiger partial charge in [-0.2, -0.15) is 13.2 Å². The summed E-state index contributed by atoms with van der Waals surface area (Å²) in [6.07, 6.45) is -4.44. The molecule has 0 rings (SSSR count). The maximum atomic E-state index is 11.9. The van der Waals surface area contributed by atoms with Crippen molar-refractivity contribution >= 4 is 11.8 Å². The molecular weight excluding hydrogens is 263 g/mol. The lowest BCUT2D eigenvalue weighted by atomic mass is 10.2. The van der Waals surface area contributed by atoms with Gasteiger partial charge in [-0.3, -0.25) is 14.9 Å². The number of alkyl halides is 3. The molecule has 112 valence electrons. The van der Waals surface area contributed by atoms with Crippen molar-refractivity contribution in [3.8, 4) is 0 Å². The van der Waals surface area contributed by atoms with Crippen LogP contribution in [0.1, 0.15) is 20.8 Å². The fraction of sp³-hybridized carbons (Fsp3) is 0.818. The highest BCUT2D eigenvalue weighted by Crippen LogP contribution is 2.12. The molecule has 2 amide bonds. The quantitative estimate of drug-likeness (QED) is 0.634. The molecule has 0 bridgehead atoms. The number of nitrogens with one attached hydrogen (secondary N) is 3. The second-order valence-electron chi connectivity index (χ2n) is 4.63. The van der Waals surface area contributed by atoms with E-state index in [0.29, 0.717) is 12.5 Å². The van der Waals surface area contributed by atoms with Gasteiger partial charge in [0, 0.05) is 6.54 Å². The van der Waals surface area contributed by atoms with E-state index >= 15 is 0 Å². The number of carbonyl (C=O) groups excluding carboxylic acids is 2. The van der Waals surface area contributed by atoms with Crippen LogP contribution >= 0.6 is 0 Å². The van der Waals surface area contributed by atoms with Crippen molar-refractivity contribution in [1.82, 2.24) is 16.0 Å². The summed E-state index contributed by atoms with van der Waals surface area (Å²) in [4.78, 5) is 22.6. The van der Waals surface area contributed by atoms with E-state index in [9.17, 15) is 22.8 Å². The molecular formula is C11H20F3N3O2. The largest absolute Gasteiger partial charge is 0.405 e. The lowest BCUT2D eigenvalue weighted by molar-refractivity contribution is -0.139. The Hall–Kier alpha value is -1.31. The summed E-state index contributed by atoms with van der Waals surface area (Å²) in [6, 6.07) is -0.868. The van der Waals surface area contributed by atoms with Gasteiger partial charge in [-0.1, -0.05) is 13.8 Å². The van der Waals surface area contributed by atoms with Crippen molar-refractivity contribution in [2.45, 2.75) is 33.0 Å². The van der Waals surface area contributed by atoms with Crippen LogP contribution in [-0.4, -0.2) is 43.7 Å². The second-order valence-corrected chi connectivity index (χ2v) is 4.63. The summed E-state index contributed by atoms with van der Waals surface area (Å²) in [5.74, 6) is -0.797. The van der Waals surface area contributed by atoms with E-state index in [-0.39, 0.29) is 12.5 Å². The summed E-state index contributed by atoms with van der Waals surface area (Å²) < 4.78 is 35.6. The van der Waals surface area contributed by atoms with Gasteiger partial charge in [-0.05, 0) is 12.8 Å². The third-order valence-electron chi connectivity index (χ3n) is 2.13. The van der Waals surface area contributed by atoms with Crippen molar-refractivity contribution in [1.29, 1.82) is 0 Å². The summed E-state index contributed by atoms with van der Waals surface area (Å²) >= 11 is 0. The molecule has 0 aromatic heterocycles. The van der Waals surface area contributed by atoms with Gasteiger partial charge in [0.15, 0.2) is 0 Å². The van der Waals surface area contributed by atoms with Crippen LogP contribution in [0.15, 0.2) is 0 Å². The second kappa shape index (κ2) is 7.98. The van der Waals surface area contributed by atoms with E-state index in [0.717, 1.165) is 0 Å². The first kappa shape index (κ1) is 17.7. The van der Waals surface area contributed by atoms with E-state index < -0.39 is 24.7 Å². The number of carbonyl (C=O) groups is 2. The maximum absolute atomic E-state index is 11.9. The first-order valence-electron chi connectivity index (χ1n) is 5.96. The molecule has 0 aromatic carbocycles. The van der Waals surface area contributed by atoms with Crippen LogP contribution in [0.3, 0.4) is 0 Å². The predicted octanol–water partition coefficient (Wildman–Crippen LogP) is 0.415. The van der Waals surface area contributed by atoms with Crippen molar-refractivity contribution in [2.75, 3.05) is 19.6 Å². The summed E-state index contributed by atoms with van der Waals surface area (Å²) in [6.45, 7) is 4.27. The van der Waals surface area contributed by atoms with Crippen LogP contribution in [0.4, 0.5) is 13.2 Å². The minimum absolute atomic E-state index is 0.118. The normalized spacial score (nSPS) is 13.2. The molecule has 0 radical (unpaired) electrons. The predicted molar refractivity (Wildman–Crippen MR) is 64.4 cm³/mol. The minimum Gasteiger partial charge on any atom is -0.355 e. The van der Waals surface area contributed by atoms with Crippen LogP contribution in [0.25, 0.3) is 0 Å². The third-order valence-corrected chi connectivity index (χ3v) is 2.13. The smallest absolute Gasteiger partial charge is 0.355 e. The molecule has 3 N–H and O–H groups in total. The zero-order valence-corrected chi connectivity index (χ0v) is 11.2. The topological polar surface area (TPSA) is 70.2 Å².